The normalized spacial score (nSPS) is 12.2. The number of H-pyrrole nitrogens is 1. The fourth-order valence-electron chi connectivity index (χ4n) is 2.65. The number of imidazole rings is 1. The molecule has 4 aromatic rings. The van der Waals surface area contributed by atoms with Crippen LogP contribution in [0.1, 0.15) is 17.4 Å². The Morgan fingerprint density at radius 3 is 2.68 bits per heavy atom. The molecule has 0 aliphatic rings. The molecule has 0 radical (unpaired) electrons. The van der Waals surface area contributed by atoms with Crippen molar-refractivity contribution in [1.82, 2.24) is 24.9 Å². The summed E-state index contributed by atoms with van der Waals surface area (Å²) in [4.78, 5) is 20.7. The number of rotatable bonds is 4. The summed E-state index contributed by atoms with van der Waals surface area (Å²) in [6, 6.07) is 10.9. The van der Waals surface area contributed by atoms with E-state index < -0.39 is 6.04 Å². The number of pyridine rings is 1. The Morgan fingerprint density at radius 1 is 1.12 bits per heavy atom. The second kappa shape index (κ2) is 6.29. The molecule has 0 spiro atoms. The van der Waals surface area contributed by atoms with Crippen LogP contribution in [0.15, 0.2) is 55.1 Å². The quantitative estimate of drug-likeness (QED) is 0.595. The monoisotopic (exact) mass is 332 g/mol. The summed E-state index contributed by atoms with van der Waals surface area (Å²) >= 11 is 0. The SMILES string of the molecule is COc1ccc(-c2nc(C(N)c3cccnc3)nc3[nH]cnc23)cc1. The Hall–Kier alpha value is -3.32. The van der Waals surface area contributed by atoms with Crippen LogP contribution < -0.4 is 10.5 Å². The molecule has 3 heterocycles. The number of nitrogens with two attached hydrogens (primary N) is 1. The van der Waals surface area contributed by atoms with Crippen molar-refractivity contribution < 1.29 is 4.74 Å². The number of nitrogens with zero attached hydrogens (tertiary/aromatic N) is 4. The molecule has 0 saturated heterocycles. The first kappa shape index (κ1) is 15.2. The number of fused-ring (bicyclic) bond motifs is 1. The van der Waals surface area contributed by atoms with Crippen molar-refractivity contribution in [3.63, 3.8) is 0 Å². The van der Waals surface area contributed by atoms with Gasteiger partial charge in [0.25, 0.3) is 0 Å². The third-order valence-electron chi connectivity index (χ3n) is 3.98. The summed E-state index contributed by atoms with van der Waals surface area (Å²) < 4.78 is 5.22. The number of hydrogen-bond donors (Lipinski definition) is 2. The van der Waals surface area contributed by atoms with Crippen molar-refractivity contribution in [2.75, 3.05) is 7.11 Å². The van der Waals surface area contributed by atoms with E-state index in [4.69, 9.17) is 10.5 Å². The van der Waals surface area contributed by atoms with Crippen molar-refractivity contribution in [1.29, 1.82) is 0 Å². The smallest absolute Gasteiger partial charge is 0.161 e. The molecule has 0 saturated carbocycles. The average Bonchev–Trinajstić information content (AvgIpc) is 3.16. The van der Waals surface area contributed by atoms with Crippen molar-refractivity contribution in [2.45, 2.75) is 6.04 Å². The summed E-state index contributed by atoms with van der Waals surface area (Å²) in [5.74, 6) is 1.29. The molecule has 7 heteroatoms. The minimum Gasteiger partial charge on any atom is -0.497 e. The average molecular weight is 332 g/mol. The highest BCUT2D eigenvalue weighted by molar-refractivity contribution is 5.87. The fraction of sp³-hybridized carbons (Fsp3) is 0.111. The first-order valence-electron chi connectivity index (χ1n) is 7.77. The zero-order valence-electron chi connectivity index (χ0n) is 13.5. The van der Waals surface area contributed by atoms with E-state index in [2.05, 4.69) is 24.9 Å². The number of methoxy groups -OCH3 is 1. The van der Waals surface area contributed by atoms with E-state index in [1.54, 1.807) is 25.8 Å². The Balaban J connectivity index is 1.84. The second-order valence-corrected chi connectivity index (χ2v) is 5.52. The van der Waals surface area contributed by atoms with Gasteiger partial charge in [0.05, 0.1) is 19.5 Å². The van der Waals surface area contributed by atoms with Crippen LogP contribution in [0.2, 0.25) is 0 Å². The zero-order chi connectivity index (χ0) is 17.2. The Labute approximate surface area is 143 Å². The Kier molecular flexibility index (Phi) is 3.83. The predicted molar refractivity (Wildman–Crippen MR) is 93.9 cm³/mol. The maximum absolute atomic E-state index is 6.35. The van der Waals surface area contributed by atoms with E-state index in [0.717, 1.165) is 22.6 Å². The molecule has 0 amide bonds. The molecular formula is C18H16N6O. The van der Waals surface area contributed by atoms with Crippen LogP contribution in [-0.2, 0) is 0 Å². The molecule has 4 rings (SSSR count). The number of nitrogens with one attached hydrogen (secondary N) is 1. The van der Waals surface area contributed by atoms with Gasteiger partial charge in [0, 0.05) is 18.0 Å². The van der Waals surface area contributed by atoms with Crippen LogP contribution >= 0.6 is 0 Å². The summed E-state index contributed by atoms with van der Waals surface area (Å²) in [5.41, 5.74) is 10.2. The second-order valence-electron chi connectivity index (χ2n) is 5.52. The van der Waals surface area contributed by atoms with E-state index in [9.17, 15) is 0 Å². The topological polar surface area (TPSA) is 103 Å². The summed E-state index contributed by atoms with van der Waals surface area (Å²) in [7, 11) is 1.64. The molecule has 0 fully saturated rings. The molecule has 0 aliphatic carbocycles. The lowest BCUT2D eigenvalue weighted by Crippen LogP contribution is -2.16. The largest absolute Gasteiger partial charge is 0.497 e. The minimum absolute atomic E-state index is 0.474. The van der Waals surface area contributed by atoms with E-state index >= 15 is 0 Å². The third-order valence-corrected chi connectivity index (χ3v) is 3.98. The molecule has 7 nitrogen and oxygen atoms in total. The van der Waals surface area contributed by atoms with Crippen LogP contribution in [0.25, 0.3) is 22.4 Å². The van der Waals surface area contributed by atoms with Gasteiger partial charge < -0.3 is 15.5 Å². The highest BCUT2D eigenvalue weighted by atomic mass is 16.5. The molecule has 0 aliphatic heterocycles. The number of aromatic nitrogens is 5. The predicted octanol–water partition coefficient (Wildman–Crippen LogP) is 2.47. The van der Waals surface area contributed by atoms with Gasteiger partial charge in [-0.2, -0.15) is 0 Å². The molecule has 25 heavy (non-hydrogen) atoms. The Morgan fingerprint density at radius 2 is 1.96 bits per heavy atom. The number of benzene rings is 1. The molecule has 124 valence electrons. The van der Waals surface area contributed by atoms with Gasteiger partial charge in [-0.25, -0.2) is 15.0 Å². The molecule has 1 unspecified atom stereocenters. The highest BCUT2D eigenvalue weighted by Crippen LogP contribution is 2.27. The van der Waals surface area contributed by atoms with Gasteiger partial charge in [0.15, 0.2) is 11.5 Å². The molecule has 1 aromatic carbocycles. The molecule has 3 aromatic heterocycles. The molecular weight excluding hydrogens is 316 g/mol. The third kappa shape index (κ3) is 2.81. The van der Waals surface area contributed by atoms with Gasteiger partial charge in [-0.1, -0.05) is 6.07 Å². The number of aromatic amines is 1. The zero-order valence-corrected chi connectivity index (χ0v) is 13.5. The van der Waals surface area contributed by atoms with Gasteiger partial charge in [0.2, 0.25) is 0 Å². The van der Waals surface area contributed by atoms with Crippen LogP contribution in [0, 0.1) is 0 Å². The lowest BCUT2D eigenvalue weighted by Gasteiger charge is -2.12. The van der Waals surface area contributed by atoms with Crippen molar-refractivity contribution in [3.8, 4) is 17.0 Å². The van der Waals surface area contributed by atoms with Gasteiger partial charge in [-0.05, 0) is 35.9 Å². The summed E-state index contributed by atoms with van der Waals surface area (Å²) in [5, 5.41) is 0. The van der Waals surface area contributed by atoms with E-state index in [1.165, 1.54) is 0 Å². The van der Waals surface area contributed by atoms with E-state index in [0.29, 0.717) is 17.0 Å². The summed E-state index contributed by atoms with van der Waals surface area (Å²) in [6.45, 7) is 0. The minimum atomic E-state index is -0.474. The van der Waals surface area contributed by atoms with Crippen molar-refractivity contribution in [2.24, 2.45) is 5.73 Å². The van der Waals surface area contributed by atoms with Gasteiger partial charge in [-0.3, -0.25) is 4.98 Å². The van der Waals surface area contributed by atoms with Gasteiger partial charge >= 0.3 is 0 Å². The maximum Gasteiger partial charge on any atom is 0.161 e. The highest BCUT2D eigenvalue weighted by Gasteiger charge is 2.18. The van der Waals surface area contributed by atoms with Gasteiger partial charge in [-0.15, -0.1) is 0 Å². The van der Waals surface area contributed by atoms with Crippen LogP contribution in [-0.4, -0.2) is 32.0 Å². The molecule has 1 atom stereocenters. The van der Waals surface area contributed by atoms with E-state index in [-0.39, 0.29) is 0 Å². The number of ether oxygens (including phenoxy) is 1. The first-order valence-corrected chi connectivity index (χ1v) is 7.77. The number of hydrogen-bond acceptors (Lipinski definition) is 6. The first-order chi connectivity index (χ1) is 12.3. The lowest BCUT2D eigenvalue weighted by molar-refractivity contribution is 0.415. The Bertz CT molecular complexity index is 997. The van der Waals surface area contributed by atoms with Crippen LogP contribution in [0.3, 0.4) is 0 Å². The lowest BCUT2D eigenvalue weighted by atomic mass is 10.1. The molecule has 3 N–H and O–H groups in total. The van der Waals surface area contributed by atoms with Crippen LogP contribution in [0.4, 0.5) is 0 Å². The van der Waals surface area contributed by atoms with Crippen molar-refractivity contribution >= 4 is 11.2 Å². The maximum atomic E-state index is 6.35. The van der Waals surface area contributed by atoms with Gasteiger partial charge in [0.1, 0.15) is 17.0 Å². The standard InChI is InChI=1S/C18H16N6O/c1-25-13-6-4-11(5-7-13)15-16-18(22-10-21-16)24-17(23-15)14(19)12-3-2-8-20-9-12/h2-10,14H,19H2,1H3,(H,21,22,23,24). The van der Waals surface area contributed by atoms with Crippen molar-refractivity contribution in [3.05, 3.63) is 66.5 Å². The van der Waals surface area contributed by atoms with Crippen LogP contribution in [0.5, 0.6) is 5.75 Å². The summed E-state index contributed by atoms with van der Waals surface area (Å²) in [6.07, 6.45) is 5.03. The van der Waals surface area contributed by atoms with E-state index in [1.807, 2.05) is 36.4 Å². The molecule has 0 bridgehead atoms. The fourth-order valence-corrected chi connectivity index (χ4v) is 2.65.